The lowest BCUT2D eigenvalue weighted by molar-refractivity contribution is -0.909. The average molecular weight is 359 g/mol. The molecule has 0 radical (unpaired) electrons. The third kappa shape index (κ3) is 4.75. The first-order valence-corrected chi connectivity index (χ1v) is 9.33. The van der Waals surface area contributed by atoms with Gasteiger partial charge in [0.2, 0.25) is 0 Å². The summed E-state index contributed by atoms with van der Waals surface area (Å²) in [5, 5.41) is 3.15. The van der Waals surface area contributed by atoms with Gasteiger partial charge in [-0.05, 0) is 24.6 Å². The Balaban J connectivity index is 1.73. The van der Waals surface area contributed by atoms with Gasteiger partial charge in [-0.25, -0.2) is 0 Å². The van der Waals surface area contributed by atoms with Crippen LogP contribution in [0.5, 0.6) is 0 Å². The van der Waals surface area contributed by atoms with Crippen molar-refractivity contribution in [2.75, 3.05) is 32.8 Å². The second-order valence-electron chi connectivity index (χ2n) is 6.22. The number of rotatable bonds is 6. The normalized spacial score (nSPS) is 16.4. The molecule has 1 saturated heterocycles. The molecule has 0 spiro atoms. The van der Waals surface area contributed by atoms with E-state index in [1.807, 2.05) is 30.3 Å². The number of carbonyl (C=O) groups excluding carboxylic acids is 2. The van der Waals surface area contributed by atoms with E-state index >= 15 is 0 Å². The van der Waals surface area contributed by atoms with E-state index in [4.69, 9.17) is 4.74 Å². The molecular formula is C19H23N2O3S+. The first kappa shape index (κ1) is 17.8. The van der Waals surface area contributed by atoms with Crippen LogP contribution in [0.1, 0.15) is 37.9 Å². The number of carbonyl (C=O) groups is 2. The standard InChI is InChI=1S/C19H22N2O3S/c1-14(22)17-7-8-18(25-17)19(23)20-16(15-5-3-2-4-6-15)13-21-9-11-24-12-10-21/h2-8,16H,9-13H2,1H3,(H,20,23)/p+1/t16-/m1/s1. The Kier molecular flexibility index (Phi) is 5.96. The van der Waals surface area contributed by atoms with Crippen molar-refractivity contribution in [3.8, 4) is 0 Å². The Bertz CT molecular complexity index is 723. The van der Waals surface area contributed by atoms with Crippen molar-refractivity contribution in [1.29, 1.82) is 0 Å². The Morgan fingerprint density at radius 2 is 1.80 bits per heavy atom. The zero-order valence-corrected chi connectivity index (χ0v) is 15.1. The van der Waals surface area contributed by atoms with Crippen LogP contribution in [0.15, 0.2) is 42.5 Å². The van der Waals surface area contributed by atoms with Gasteiger partial charge in [0.25, 0.3) is 5.91 Å². The highest BCUT2D eigenvalue weighted by Crippen LogP contribution is 2.19. The Labute approximate surface area is 151 Å². The lowest BCUT2D eigenvalue weighted by atomic mass is 10.1. The van der Waals surface area contributed by atoms with Crippen molar-refractivity contribution in [1.82, 2.24) is 5.32 Å². The van der Waals surface area contributed by atoms with E-state index in [1.165, 1.54) is 23.2 Å². The molecule has 0 aliphatic carbocycles. The molecule has 132 valence electrons. The maximum Gasteiger partial charge on any atom is 0.262 e. The van der Waals surface area contributed by atoms with E-state index in [9.17, 15) is 9.59 Å². The van der Waals surface area contributed by atoms with Gasteiger partial charge in [-0.1, -0.05) is 30.3 Å². The number of hydrogen-bond acceptors (Lipinski definition) is 4. The van der Waals surface area contributed by atoms with Crippen molar-refractivity contribution < 1.29 is 19.2 Å². The third-order valence-electron chi connectivity index (χ3n) is 4.38. The number of quaternary nitrogens is 1. The van der Waals surface area contributed by atoms with Crippen molar-refractivity contribution in [2.45, 2.75) is 13.0 Å². The molecule has 0 bridgehead atoms. The maximum absolute atomic E-state index is 12.7. The molecule has 2 N–H and O–H groups in total. The maximum atomic E-state index is 12.7. The smallest absolute Gasteiger partial charge is 0.262 e. The minimum absolute atomic E-state index is 0.0126. The first-order valence-electron chi connectivity index (χ1n) is 8.51. The minimum atomic E-state index is -0.126. The van der Waals surface area contributed by atoms with E-state index < -0.39 is 0 Å². The molecule has 1 fully saturated rings. The van der Waals surface area contributed by atoms with Gasteiger partial charge in [-0.3, -0.25) is 9.59 Å². The van der Waals surface area contributed by atoms with Crippen molar-refractivity contribution in [2.24, 2.45) is 0 Å². The number of Topliss-reactive ketones (excluding diaryl/α,β-unsaturated/α-hetero) is 1. The van der Waals surface area contributed by atoms with Gasteiger partial charge in [-0.15, -0.1) is 11.3 Å². The zero-order valence-electron chi connectivity index (χ0n) is 14.3. The third-order valence-corrected chi connectivity index (χ3v) is 5.56. The minimum Gasteiger partial charge on any atom is -0.370 e. The van der Waals surface area contributed by atoms with Crippen LogP contribution < -0.4 is 10.2 Å². The number of nitrogens with one attached hydrogen (secondary N) is 2. The van der Waals surface area contributed by atoms with Crippen LogP contribution in [0.3, 0.4) is 0 Å². The topological polar surface area (TPSA) is 59.8 Å². The number of thiophene rings is 1. The fourth-order valence-corrected chi connectivity index (χ4v) is 3.77. The number of ether oxygens (including phenoxy) is 1. The van der Waals surface area contributed by atoms with Gasteiger partial charge in [0.1, 0.15) is 25.7 Å². The van der Waals surface area contributed by atoms with Gasteiger partial charge in [-0.2, -0.15) is 0 Å². The molecule has 2 heterocycles. The average Bonchev–Trinajstić information content (AvgIpc) is 3.13. The zero-order chi connectivity index (χ0) is 17.6. The molecule has 25 heavy (non-hydrogen) atoms. The predicted molar refractivity (Wildman–Crippen MR) is 97.4 cm³/mol. The quantitative estimate of drug-likeness (QED) is 0.765. The van der Waals surface area contributed by atoms with Crippen LogP contribution in [-0.4, -0.2) is 44.5 Å². The van der Waals surface area contributed by atoms with Crippen LogP contribution in [0.2, 0.25) is 0 Å². The Morgan fingerprint density at radius 3 is 2.44 bits per heavy atom. The molecule has 6 heteroatoms. The monoisotopic (exact) mass is 359 g/mol. The molecule has 0 saturated carbocycles. The largest absolute Gasteiger partial charge is 0.370 e. The molecule has 1 aromatic carbocycles. The van der Waals surface area contributed by atoms with Crippen LogP contribution >= 0.6 is 11.3 Å². The van der Waals surface area contributed by atoms with Crippen LogP contribution in [0.25, 0.3) is 0 Å². The van der Waals surface area contributed by atoms with Gasteiger partial charge in [0.05, 0.1) is 23.0 Å². The lowest BCUT2D eigenvalue weighted by Crippen LogP contribution is -3.14. The second kappa shape index (κ2) is 8.38. The van der Waals surface area contributed by atoms with Crippen molar-refractivity contribution in [3.05, 3.63) is 57.8 Å². The van der Waals surface area contributed by atoms with E-state index in [0.29, 0.717) is 9.75 Å². The van der Waals surface area contributed by atoms with E-state index in [1.54, 1.807) is 12.1 Å². The lowest BCUT2D eigenvalue weighted by Gasteiger charge is -2.28. The fourth-order valence-electron chi connectivity index (χ4n) is 2.97. The summed E-state index contributed by atoms with van der Waals surface area (Å²) in [6.45, 7) is 5.76. The molecule has 3 rings (SSSR count). The summed E-state index contributed by atoms with van der Waals surface area (Å²) in [5.41, 5.74) is 1.10. The molecule has 1 aliphatic heterocycles. The van der Waals surface area contributed by atoms with E-state index in [-0.39, 0.29) is 17.7 Å². The van der Waals surface area contributed by atoms with Crippen LogP contribution in [0.4, 0.5) is 0 Å². The highest BCUT2D eigenvalue weighted by atomic mass is 32.1. The van der Waals surface area contributed by atoms with Gasteiger partial charge >= 0.3 is 0 Å². The molecule has 1 atom stereocenters. The highest BCUT2D eigenvalue weighted by Gasteiger charge is 2.24. The number of amides is 1. The van der Waals surface area contributed by atoms with Crippen LogP contribution in [-0.2, 0) is 4.74 Å². The fraction of sp³-hybridized carbons (Fsp3) is 0.368. The summed E-state index contributed by atoms with van der Waals surface area (Å²) in [5.74, 6) is -0.138. The van der Waals surface area contributed by atoms with E-state index in [0.717, 1.165) is 38.4 Å². The SMILES string of the molecule is CC(=O)c1ccc(C(=O)N[C@H](C[NH+]2CCOCC2)c2ccccc2)s1. The van der Waals surface area contributed by atoms with Crippen molar-refractivity contribution >= 4 is 23.0 Å². The first-order chi connectivity index (χ1) is 12.1. The Morgan fingerprint density at radius 1 is 1.12 bits per heavy atom. The highest BCUT2D eigenvalue weighted by molar-refractivity contribution is 7.15. The van der Waals surface area contributed by atoms with E-state index in [2.05, 4.69) is 5.32 Å². The molecule has 1 aliphatic rings. The summed E-state index contributed by atoms with van der Waals surface area (Å²) in [4.78, 5) is 26.7. The molecular weight excluding hydrogens is 336 g/mol. The number of benzene rings is 1. The van der Waals surface area contributed by atoms with Gasteiger partial charge < -0.3 is 15.0 Å². The Hall–Kier alpha value is -2.02. The molecule has 2 aromatic rings. The predicted octanol–water partition coefficient (Wildman–Crippen LogP) is 1.34. The number of ketones is 1. The summed E-state index contributed by atoms with van der Waals surface area (Å²) in [6.07, 6.45) is 0. The number of hydrogen-bond donors (Lipinski definition) is 2. The summed E-state index contributed by atoms with van der Waals surface area (Å²) < 4.78 is 5.42. The summed E-state index contributed by atoms with van der Waals surface area (Å²) in [6, 6.07) is 13.4. The molecule has 1 aromatic heterocycles. The summed E-state index contributed by atoms with van der Waals surface area (Å²) in [7, 11) is 0. The second-order valence-corrected chi connectivity index (χ2v) is 7.31. The molecule has 5 nitrogen and oxygen atoms in total. The summed E-state index contributed by atoms with van der Waals surface area (Å²) >= 11 is 1.24. The number of morpholine rings is 1. The van der Waals surface area contributed by atoms with Gasteiger partial charge in [0, 0.05) is 0 Å². The van der Waals surface area contributed by atoms with Crippen molar-refractivity contribution in [3.63, 3.8) is 0 Å². The molecule has 0 unspecified atom stereocenters. The van der Waals surface area contributed by atoms with Gasteiger partial charge in [0.15, 0.2) is 5.78 Å². The molecule has 1 amide bonds. The van der Waals surface area contributed by atoms with Crippen LogP contribution in [0, 0.1) is 0 Å².